The van der Waals surface area contributed by atoms with Crippen LogP contribution in [0.3, 0.4) is 0 Å². The Labute approximate surface area is 175 Å². The van der Waals surface area contributed by atoms with E-state index in [0.717, 1.165) is 18.8 Å². The van der Waals surface area contributed by atoms with E-state index in [1.54, 1.807) is 7.05 Å². The lowest BCUT2D eigenvalue weighted by molar-refractivity contribution is -0.137. The molecule has 0 aromatic heterocycles. The second-order valence-electron chi connectivity index (χ2n) is 7.79. The van der Waals surface area contributed by atoms with Crippen LogP contribution in [0.4, 0.5) is 0 Å². The van der Waals surface area contributed by atoms with Crippen molar-refractivity contribution in [2.45, 2.75) is 110 Å². The summed E-state index contributed by atoms with van der Waals surface area (Å²) in [5.74, 6) is 0.240. The highest BCUT2D eigenvalue weighted by molar-refractivity contribution is 5.78. The molecule has 5 nitrogen and oxygen atoms in total. The molecule has 0 aliphatic rings. The summed E-state index contributed by atoms with van der Waals surface area (Å²) in [6, 6.07) is 0. The molecular formula is C23H49N3O2. The summed E-state index contributed by atoms with van der Waals surface area (Å²) in [5, 5.41) is 11.4. The van der Waals surface area contributed by atoms with Crippen molar-refractivity contribution in [2.75, 3.05) is 28.2 Å². The van der Waals surface area contributed by atoms with Crippen molar-refractivity contribution in [3.05, 3.63) is 0 Å². The maximum Gasteiger partial charge on any atom is 0.303 e. The van der Waals surface area contributed by atoms with Crippen LogP contribution >= 0.6 is 0 Å². The molecule has 0 bridgehead atoms. The number of carboxylic acid groups (broad SMARTS) is 1. The van der Waals surface area contributed by atoms with Gasteiger partial charge in [0.1, 0.15) is 0 Å². The van der Waals surface area contributed by atoms with Gasteiger partial charge in [-0.15, -0.1) is 0 Å². The Balaban J connectivity index is 0. The van der Waals surface area contributed by atoms with Gasteiger partial charge in [0.15, 0.2) is 5.96 Å². The Morgan fingerprint density at radius 1 is 0.786 bits per heavy atom. The molecule has 0 unspecified atom stereocenters. The number of rotatable bonds is 16. The number of carbonyl (C=O) groups is 1. The van der Waals surface area contributed by atoms with E-state index in [-0.39, 0.29) is 0 Å². The molecule has 0 saturated heterocycles. The maximum atomic E-state index is 10.3. The maximum absolute atomic E-state index is 10.3. The van der Waals surface area contributed by atoms with E-state index >= 15 is 0 Å². The highest BCUT2D eigenvalue weighted by Crippen LogP contribution is 2.13. The monoisotopic (exact) mass is 399 g/mol. The molecule has 28 heavy (non-hydrogen) atoms. The van der Waals surface area contributed by atoms with Gasteiger partial charge in [-0.2, -0.15) is 0 Å². The van der Waals surface area contributed by atoms with Crippen molar-refractivity contribution < 1.29 is 9.90 Å². The van der Waals surface area contributed by atoms with Crippen molar-refractivity contribution in [2.24, 2.45) is 4.99 Å². The molecule has 0 saturated carbocycles. The average molecular weight is 400 g/mol. The zero-order valence-corrected chi connectivity index (χ0v) is 19.6. The van der Waals surface area contributed by atoms with Crippen LogP contribution < -0.4 is 5.32 Å². The largest absolute Gasteiger partial charge is 0.481 e. The first-order chi connectivity index (χ1) is 13.5. The summed E-state index contributed by atoms with van der Waals surface area (Å²) in [7, 11) is 7.49. The van der Waals surface area contributed by atoms with Gasteiger partial charge < -0.3 is 15.3 Å². The van der Waals surface area contributed by atoms with E-state index in [1.807, 2.05) is 26.0 Å². The SMILES string of the molecule is CCCCCCCCCCCCCCCCCC(=O)O.CN=C(NC)N(C)C. The molecule has 0 aliphatic carbocycles. The topological polar surface area (TPSA) is 64.9 Å². The lowest BCUT2D eigenvalue weighted by atomic mass is 10.0. The van der Waals surface area contributed by atoms with Crippen LogP contribution in [0.2, 0.25) is 0 Å². The standard InChI is InChI=1S/C18H36O2.C5H13N3/c1-2-3-4-5-6-7-8-9-10-11-12-13-14-15-16-17-18(19)20;1-6-5(7-2)8(3)4/h2-17H2,1H3,(H,19,20);1-4H3,(H,6,7). The summed E-state index contributed by atoms with van der Waals surface area (Å²) >= 11 is 0. The Kier molecular flexibility index (Phi) is 24.6. The van der Waals surface area contributed by atoms with Crippen molar-refractivity contribution >= 4 is 11.9 Å². The van der Waals surface area contributed by atoms with Crippen LogP contribution in [-0.4, -0.2) is 50.1 Å². The lowest BCUT2D eigenvalue weighted by Gasteiger charge is -2.12. The lowest BCUT2D eigenvalue weighted by Crippen LogP contribution is -2.33. The third-order valence-electron chi connectivity index (χ3n) is 4.85. The van der Waals surface area contributed by atoms with Crippen molar-refractivity contribution in [1.29, 1.82) is 0 Å². The fourth-order valence-corrected chi connectivity index (χ4v) is 3.18. The summed E-state index contributed by atoms with van der Waals surface area (Å²) in [4.78, 5) is 16.2. The smallest absolute Gasteiger partial charge is 0.303 e. The van der Waals surface area contributed by atoms with Crippen LogP contribution in [-0.2, 0) is 4.79 Å². The molecule has 0 atom stereocenters. The van der Waals surface area contributed by atoms with E-state index in [2.05, 4.69) is 17.2 Å². The third-order valence-corrected chi connectivity index (χ3v) is 4.85. The molecule has 0 fully saturated rings. The van der Waals surface area contributed by atoms with Crippen LogP contribution in [0.5, 0.6) is 0 Å². The van der Waals surface area contributed by atoms with E-state index in [1.165, 1.54) is 83.5 Å². The Hall–Kier alpha value is -1.26. The molecule has 2 N–H and O–H groups in total. The van der Waals surface area contributed by atoms with Gasteiger partial charge in [0.2, 0.25) is 0 Å². The number of unbranched alkanes of at least 4 members (excludes halogenated alkanes) is 14. The fraction of sp³-hybridized carbons (Fsp3) is 0.913. The number of hydrogen-bond acceptors (Lipinski definition) is 2. The molecule has 0 aromatic carbocycles. The van der Waals surface area contributed by atoms with Crippen LogP contribution in [0.25, 0.3) is 0 Å². The van der Waals surface area contributed by atoms with E-state index < -0.39 is 5.97 Å². The number of nitrogens with one attached hydrogen (secondary N) is 1. The third kappa shape index (κ3) is 24.7. The number of aliphatic carboxylic acids is 1. The van der Waals surface area contributed by atoms with E-state index in [0.29, 0.717) is 6.42 Å². The molecule has 0 spiro atoms. The Bertz CT molecular complexity index is 358. The van der Waals surface area contributed by atoms with Gasteiger partial charge in [-0.25, -0.2) is 0 Å². The second kappa shape index (κ2) is 23.8. The number of nitrogens with zero attached hydrogens (tertiary/aromatic N) is 2. The van der Waals surface area contributed by atoms with Gasteiger partial charge >= 0.3 is 5.97 Å². The minimum absolute atomic E-state index is 0.345. The number of guanidine groups is 1. The van der Waals surface area contributed by atoms with Gasteiger partial charge in [-0.05, 0) is 6.42 Å². The molecule has 5 heteroatoms. The second-order valence-corrected chi connectivity index (χ2v) is 7.79. The molecule has 0 heterocycles. The molecule has 0 radical (unpaired) electrons. The van der Waals surface area contributed by atoms with Crippen LogP contribution in [0, 0.1) is 0 Å². The van der Waals surface area contributed by atoms with Gasteiger partial charge in [0, 0.05) is 34.6 Å². The van der Waals surface area contributed by atoms with Crippen LogP contribution in [0.1, 0.15) is 110 Å². The summed E-state index contributed by atoms with van der Waals surface area (Å²) < 4.78 is 0. The molecule has 0 aliphatic heterocycles. The Morgan fingerprint density at radius 3 is 1.36 bits per heavy atom. The first-order valence-electron chi connectivity index (χ1n) is 11.5. The minimum atomic E-state index is -0.653. The van der Waals surface area contributed by atoms with E-state index in [9.17, 15) is 4.79 Å². The predicted molar refractivity (Wildman–Crippen MR) is 123 cm³/mol. The zero-order valence-electron chi connectivity index (χ0n) is 19.6. The minimum Gasteiger partial charge on any atom is -0.481 e. The predicted octanol–water partition coefficient (Wildman–Crippen LogP) is 6.09. The Morgan fingerprint density at radius 2 is 1.14 bits per heavy atom. The summed E-state index contributed by atoms with van der Waals surface area (Å²) in [6.45, 7) is 2.27. The molecular weight excluding hydrogens is 350 g/mol. The number of carboxylic acids is 1. The molecule has 0 rings (SSSR count). The quantitative estimate of drug-likeness (QED) is 0.187. The van der Waals surface area contributed by atoms with Gasteiger partial charge in [-0.1, -0.05) is 96.8 Å². The molecule has 0 aromatic rings. The number of hydrogen-bond donors (Lipinski definition) is 2. The van der Waals surface area contributed by atoms with Gasteiger partial charge in [-0.3, -0.25) is 9.79 Å². The van der Waals surface area contributed by atoms with Gasteiger partial charge in [0.25, 0.3) is 0 Å². The highest BCUT2D eigenvalue weighted by atomic mass is 16.4. The van der Waals surface area contributed by atoms with Crippen molar-refractivity contribution in [3.8, 4) is 0 Å². The normalized spacial score (nSPS) is 11.0. The average Bonchev–Trinajstić information content (AvgIpc) is 2.66. The van der Waals surface area contributed by atoms with Crippen molar-refractivity contribution in [3.63, 3.8) is 0 Å². The molecule has 168 valence electrons. The van der Waals surface area contributed by atoms with Crippen LogP contribution in [0.15, 0.2) is 4.99 Å². The van der Waals surface area contributed by atoms with Crippen molar-refractivity contribution in [1.82, 2.24) is 10.2 Å². The first-order valence-corrected chi connectivity index (χ1v) is 11.5. The fourth-order valence-electron chi connectivity index (χ4n) is 3.18. The van der Waals surface area contributed by atoms with Gasteiger partial charge in [0.05, 0.1) is 0 Å². The zero-order chi connectivity index (χ0) is 21.5. The summed E-state index contributed by atoms with van der Waals surface area (Å²) in [5.41, 5.74) is 0. The summed E-state index contributed by atoms with van der Waals surface area (Å²) in [6.07, 6.45) is 20.2. The highest BCUT2D eigenvalue weighted by Gasteiger charge is 1.97. The molecule has 0 amide bonds. The first kappa shape index (κ1) is 28.9. The number of aliphatic imine (C=N–C) groups is 1. The van der Waals surface area contributed by atoms with E-state index in [4.69, 9.17) is 5.11 Å².